The summed E-state index contributed by atoms with van der Waals surface area (Å²) in [6, 6.07) is 22.3. The van der Waals surface area contributed by atoms with Crippen molar-refractivity contribution in [1.82, 2.24) is 0 Å². The number of rotatable bonds is 10. The first kappa shape index (κ1) is 35.0. The maximum absolute atomic E-state index is 13.9. The summed E-state index contributed by atoms with van der Waals surface area (Å²) in [4.78, 5) is 27.1. The molecule has 1 unspecified atom stereocenters. The summed E-state index contributed by atoms with van der Waals surface area (Å²) in [7, 11) is -9.10. The molecule has 0 aliphatic carbocycles. The minimum atomic E-state index is -4.57. The quantitative estimate of drug-likeness (QED) is 0.110. The first-order chi connectivity index (χ1) is 24.9. The van der Waals surface area contributed by atoms with Gasteiger partial charge in [-0.2, -0.15) is 16.8 Å². The van der Waals surface area contributed by atoms with Crippen LogP contribution in [0.5, 0.6) is 17.2 Å². The molecule has 268 valence electrons. The first-order valence-electron chi connectivity index (χ1n) is 16.3. The molecule has 2 aromatic heterocycles. The molecule has 0 saturated carbocycles. The van der Waals surface area contributed by atoms with E-state index in [1.54, 1.807) is 56.3 Å². The Hall–Kier alpha value is -5.44. The van der Waals surface area contributed by atoms with Gasteiger partial charge in [-0.3, -0.25) is 0 Å². The van der Waals surface area contributed by atoms with Gasteiger partial charge in [0.2, 0.25) is 0 Å². The number of benzene rings is 4. The van der Waals surface area contributed by atoms with E-state index in [1.807, 2.05) is 0 Å². The third-order valence-electron chi connectivity index (χ3n) is 8.54. The average molecular weight is 745 g/mol. The maximum Gasteiger partial charge on any atom is 0.343 e. The summed E-state index contributed by atoms with van der Waals surface area (Å²) in [5, 5.41) is 0.168. The zero-order chi connectivity index (χ0) is 36.6. The number of fused-ring (bicyclic) bond motifs is 2. The van der Waals surface area contributed by atoms with Gasteiger partial charge in [0.15, 0.2) is 17.8 Å². The van der Waals surface area contributed by atoms with E-state index in [4.69, 9.17) is 26.7 Å². The van der Waals surface area contributed by atoms with Crippen LogP contribution in [0.4, 0.5) is 0 Å². The van der Waals surface area contributed by atoms with Gasteiger partial charge >= 0.3 is 31.5 Å². The lowest BCUT2D eigenvalue weighted by atomic mass is 10.0. The average Bonchev–Trinajstić information content (AvgIpc) is 3.11. The number of ether oxygens (including phenoxy) is 2. The van der Waals surface area contributed by atoms with E-state index in [2.05, 4.69) is 0 Å². The number of para-hydroxylation sites is 1. The van der Waals surface area contributed by atoms with Crippen molar-refractivity contribution in [2.45, 2.75) is 55.6 Å². The molecule has 1 aliphatic heterocycles. The van der Waals surface area contributed by atoms with Crippen molar-refractivity contribution >= 4 is 42.2 Å². The summed E-state index contributed by atoms with van der Waals surface area (Å²) in [5.41, 5.74) is -1.34. The van der Waals surface area contributed by atoms with Gasteiger partial charge in [-0.25, -0.2) is 9.59 Å². The van der Waals surface area contributed by atoms with Crippen LogP contribution in [0, 0.1) is 13.8 Å². The van der Waals surface area contributed by atoms with Crippen LogP contribution in [-0.4, -0.2) is 29.7 Å². The monoisotopic (exact) mass is 744 g/mol. The fourth-order valence-corrected chi connectivity index (χ4v) is 7.73. The van der Waals surface area contributed by atoms with E-state index in [9.17, 15) is 26.4 Å². The van der Waals surface area contributed by atoms with Crippen molar-refractivity contribution in [2.24, 2.45) is 0 Å². The van der Waals surface area contributed by atoms with Crippen LogP contribution in [0.25, 0.3) is 21.9 Å². The van der Waals surface area contributed by atoms with E-state index in [0.717, 1.165) is 24.0 Å². The molecule has 14 heteroatoms. The van der Waals surface area contributed by atoms with E-state index < -0.39 is 66.8 Å². The van der Waals surface area contributed by atoms with Crippen LogP contribution < -0.4 is 24.4 Å². The molecule has 52 heavy (non-hydrogen) atoms. The molecule has 1 saturated heterocycles. The first-order valence-corrected chi connectivity index (χ1v) is 19.1. The topological polar surface area (TPSA) is 166 Å². The Morgan fingerprint density at radius 1 is 0.654 bits per heavy atom. The van der Waals surface area contributed by atoms with Gasteiger partial charge in [0.05, 0.1) is 28.5 Å². The third-order valence-corrected chi connectivity index (χ3v) is 11.0. The van der Waals surface area contributed by atoms with Crippen LogP contribution >= 0.6 is 0 Å². The van der Waals surface area contributed by atoms with Crippen LogP contribution in [0.1, 0.15) is 41.5 Å². The second kappa shape index (κ2) is 13.9. The molecule has 0 radical (unpaired) electrons. The van der Waals surface area contributed by atoms with Crippen LogP contribution in [-0.2, 0) is 31.4 Å². The Morgan fingerprint density at radius 3 is 1.75 bits per heavy atom. The Labute approximate surface area is 298 Å². The molecule has 0 bridgehead atoms. The molecule has 1 fully saturated rings. The van der Waals surface area contributed by atoms with Crippen LogP contribution in [0.3, 0.4) is 0 Å². The van der Waals surface area contributed by atoms with Crippen LogP contribution in [0.15, 0.2) is 119 Å². The molecule has 0 amide bonds. The Bertz CT molecular complexity index is 2640. The van der Waals surface area contributed by atoms with Crippen molar-refractivity contribution in [3.8, 4) is 17.2 Å². The highest BCUT2D eigenvalue weighted by molar-refractivity contribution is 7.87. The third kappa shape index (κ3) is 7.17. The maximum atomic E-state index is 13.9. The van der Waals surface area contributed by atoms with Crippen molar-refractivity contribution < 1.29 is 43.5 Å². The standard InChI is InChI=1S/C38H32O12S2/c1-23-10-15-26(16-11-23)51(41,42)49-35-28-7-3-4-8-32(28)47-37(39)30(35)22-31-36(50-52(43,44)27-17-12-24(2)13-18-27)29-19-14-25(21-33(29)48-38(31)40)46-34-9-5-6-20-45-34/h3-4,7-8,10-19,21,34H,5-6,9,20,22H2,1-2H3. The normalized spacial score (nSPS) is 15.1. The largest absolute Gasteiger partial charge is 0.465 e. The second-order valence-corrected chi connectivity index (χ2v) is 15.4. The predicted octanol–water partition coefficient (Wildman–Crippen LogP) is 6.55. The van der Waals surface area contributed by atoms with Gasteiger partial charge in [0, 0.05) is 18.9 Å². The van der Waals surface area contributed by atoms with E-state index in [0.29, 0.717) is 18.8 Å². The van der Waals surface area contributed by atoms with Gasteiger partial charge < -0.3 is 26.7 Å². The molecule has 0 spiro atoms. The van der Waals surface area contributed by atoms with E-state index >= 15 is 0 Å². The van der Waals surface area contributed by atoms with Gasteiger partial charge in [0.25, 0.3) is 0 Å². The predicted molar refractivity (Wildman–Crippen MR) is 190 cm³/mol. The Morgan fingerprint density at radius 2 is 1.19 bits per heavy atom. The van der Waals surface area contributed by atoms with Gasteiger partial charge in [0.1, 0.15) is 26.7 Å². The highest BCUT2D eigenvalue weighted by Crippen LogP contribution is 2.37. The Balaban J connectivity index is 1.39. The number of hydrogen-bond acceptors (Lipinski definition) is 12. The molecular weight excluding hydrogens is 713 g/mol. The summed E-state index contributed by atoms with van der Waals surface area (Å²) in [5.74, 6) is -0.544. The fraction of sp³-hybridized carbons (Fsp3) is 0.211. The number of aryl methyl sites for hydroxylation is 2. The van der Waals surface area contributed by atoms with Crippen molar-refractivity contribution in [3.05, 3.63) is 134 Å². The number of hydrogen-bond donors (Lipinski definition) is 0. The lowest BCUT2D eigenvalue weighted by molar-refractivity contribution is -0.105. The molecule has 0 N–H and O–H groups in total. The molecule has 3 heterocycles. The SMILES string of the molecule is Cc1ccc(S(=O)(=O)Oc2c(Cc3c(OS(=O)(=O)c4ccc(C)cc4)c4ccc(OC5CCCCO5)cc4oc3=O)c(=O)oc3ccccc23)cc1. The fourth-order valence-electron chi connectivity index (χ4n) is 5.78. The molecule has 12 nitrogen and oxygen atoms in total. The summed E-state index contributed by atoms with van der Waals surface area (Å²) < 4.78 is 88.7. The van der Waals surface area contributed by atoms with Gasteiger partial charge in [-0.05, 0) is 75.2 Å². The molecule has 1 aliphatic rings. The minimum absolute atomic E-state index is 0.0174. The highest BCUT2D eigenvalue weighted by Gasteiger charge is 2.29. The van der Waals surface area contributed by atoms with Crippen LogP contribution in [0.2, 0.25) is 0 Å². The summed E-state index contributed by atoms with van der Waals surface area (Å²) in [6.45, 7) is 4.11. The second-order valence-electron chi connectivity index (χ2n) is 12.3. The molecule has 1 atom stereocenters. The zero-order valence-electron chi connectivity index (χ0n) is 28.0. The summed E-state index contributed by atoms with van der Waals surface area (Å²) >= 11 is 0. The van der Waals surface area contributed by atoms with E-state index in [-0.39, 0.29) is 31.7 Å². The molecule has 7 rings (SSSR count). The smallest absolute Gasteiger partial charge is 0.343 e. The van der Waals surface area contributed by atoms with E-state index in [1.165, 1.54) is 48.5 Å². The zero-order valence-corrected chi connectivity index (χ0v) is 29.6. The van der Waals surface area contributed by atoms with Gasteiger partial charge in [-0.1, -0.05) is 47.5 Å². The van der Waals surface area contributed by atoms with Gasteiger partial charge in [-0.15, -0.1) is 0 Å². The molecule has 6 aromatic rings. The highest BCUT2D eigenvalue weighted by atomic mass is 32.2. The van der Waals surface area contributed by atoms with Crippen molar-refractivity contribution in [3.63, 3.8) is 0 Å². The lowest BCUT2D eigenvalue weighted by Crippen LogP contribution is -2.25. The summed E-state index contributed by atoms with van der Waals surface area (Å²) in [6.07, 6.45) is 1.26. The minimum Gasteiger partial charge on any atom is -0.465 e. The molecular formula is C38H32O12S2. The van der Waals surface area contributed by atoms with Crippen molar-refractivity contribution in [1.29, 1.82) is 0 Å². The Kier molecular flexibility index (Phi) is 9.38. The molecule has 4 aromatic carbocycles. The lowest BCUT2D eigenvalue weighted by Gasteiger charge is -2.23. The van der Waals surface area contributed by atoms with Crippen molar-refractivity contribution in [2.75, 3.05) is 6.61 Å².